The minimum absolute atomic E-state index is 0.110. The Labute approximate surface area is 145 Å². The quantitative estimate of drug-likeness (QED) is 0.251. The monoisotopic (exact) mass is 433 g/mol. The van der Waals surface area contributed by atoms with Crippen LogP contribution in [0.4, 0.5) is 5.95 Å². The predicted molar refractivity (Wildman–Crippen MR) is 83.6 cm³/mol. The number of phosphoric acid groups is 2. The van der Waals surface area contributed by atoms with Crippen molar-refractivity contribution in [3.63, 3.8) is 0 Å². The second-order valence-corrected chi connectivity index (χ2v) is 9.44. The molecule has 2 aromatic rings. The Morgan fingerprint density at radius 1 is 1.12 bits per heavy atom. The Balaban J connectivity index is 1.88. The van der Waals surface area contributed by atoms with Gasteiger partial charge in [-0.15, -0.1) is 0 Å². The van der Waals surface area contributed by atoms with E-state index in [-0.39, 0.29) is 19.0 Å². The van der Waals surface area contributed by atoms with Crippen LogP contribution in [0.25, 0.3) is 5.65 Å². The molecule has 0 radical (unpaired) electrons. The van der Waals surface area contributed by atoms with E-state index in [2.05, 4.69) is 23.7 Å². The molecule has 146 valence electrons. The Morgan fingerprint density at radius 3 is 2.46 bits per heavy atom. The molecule has 0 aliphatic carbocycles. The molecule has 0 aliphatic heterocycles. The molecular formula is C8H14N5O10P3. The molecule has 26 heavy (non-hydrogen) atoms. The van der Waals surface area contributed by atoms with Crippen LogP contribution in [-0.2, 0) is 33.5 Å². The van der Waals surface area contributed by atoms with E-state index < -0.39 is 29.6 Å². The van der Waals surface area contributed by atoms with Crippen LogP contribution >= 0.6 is 23.2 Å². The normalized spacial score (nSPS) is 17.1. The van der Waals surface area contributed by atoms with Crippen LogP contribution < -0.4 is 5.73 Å². The molecule has 2 atom stereocenters. The number of hydrogen-bond donors (Lipinski definition) is 5. The third kappa shape index (κ3) is 6.18. The van der Waals surface area contributed by atoms with Crippen LogP contribution in [0.2, 0.25) is 0 Å². The molecule has 0 bridgehead atoms. The third-order valence-corrected chi connectivity index (χ3v) is 6.65. The first-order chi connectivity index (χ1) is 11.9. The van der Waals surface area contributed by atoms with Crippen molar-refractivity contribution in [1.82, 2.24) is 19.6 Å². The summed E-state index contributed by atoms with van der Waals surface area (Å²) in [6, 6.07) is 0. The molecule has 0 spiro atoms. The van der Waals surface area contributed by atoms with Crippen LogP contribution in [0.15, 0.2) is 12.5 Å². The van der Waals surface area contributed by atoms with E-state index in [1.54, 1.807) is 0 Å². The number of fused-ring (bicyclic) bond motifs is 1. The lowest BCUT2D eigenvalue weighted by molar-refractivity contribution is 0.155. The number of aromatic nitrogens is 4. The molecule has 2 unspecified atom stereocenters. The Hall–Kier alpha value is -1.24. The number of rotatable bonds is 9. The fourth-order valence-corrected chi connectivity index (χ4v) is 5.05. The van der Waals surface area contributed by atoms with Crippen LogP contribution in [0.3, 0.4) is 0 Å². The van der Waals surface area contributed by atoms with Crippen LogP contribution in [0, 0.1) is 0 Å². The molecule has 0 fully saturated rings. The van der Waals surface area contributed by atoms with Gasteiger partial charge >= 0.3 is 23.2 Å². The lowest BCUT2D eigenvalue weighted by Gasteiger charge is -2.16. The Bertz CT molecular complexity index is 927. The van der Waals surface area contributed by atoms with Gasteiger partial charge in [0.1, 0.15) is 12.7 Å². The van der Waals surface area contributed by atoms with E-state index in [0.717, 1.165) is 0 Å². The van der Waals surface area contributed by atoms with E-state index in [0.29, 0.717) is 11.2 Å². The fraction of sp³-hybridized carbons (Fsp3) is 0.375. The summed E-state index contributed by atoms with van der Waals surface area (Å²) in [4.78, 5) is 43.0. The Kier molecular flexibility index (Phi) is 6.31. The molecule has 0 aliphatic rings. The summed E-state index contributed by atoms with van der Waals surface area (Å²) in [7, 11) is -15.7. The van der Waals surface area contributed by atoms with E-state index in [1.165, 1.54) is 17.0 Å². The largest absolute Gasteiger partial charge is 0.488 e. The number of nitrogens with zero attached hydrogens (tertiary/aromatic N) is 4. The third-order valence-electron chi connectivity index (χ3n) is 2.61. The highest BCUT2D eigenvalue weighted by atomic mass is 31.3. The number of hydrogen-bond acceptors (Lipinski definition) is 10. The van der Waals surface area contributed by atoms with Crippen molar-refractivity contribution >= 4 is 34.8 Å². The summed E-state index contributed by atoms with van der Waals surface area (Å²) in [5.74, 6) is 0.110. The van der Waals surface area contributed by atoms with E-state index in [9.17, 15) is 18.6 Å². The van der Waals surface area contributed by atoms with Crippen molar-refractivity contribution < 1.29 is 46.6 Å². The van der Waals surface area contributed by atoms with E-state index >= 15 is 0 Å². The van der Waals surface area contributed by atoms with Gasteiger partial charge in [0.05, 0.1) is 12.8 Å². The highest BCUT2D eigenvalue weighted by Crippen LogP contribution is 2.65. The summed E-state index contributed by atoms with van der Waals surface area (Å²) >= 11 is 0. The van der Waals surface area contributed by atoms with Crippen molar-refractivity contribution in [3.05, 3.63) is 18.1 Å². The molecule has 0 saturated heterocycles. The zero-order valence-corrected chi connectivity index (χ0v) is 15.4. The molecule has 2 rings (SSSR count). The average molecular weight is 433 g/mol. The maximum atomic E-state index is 11.6. The second-order valence-electron chi connectivity index (χ2n) is 4.68. The van der Waals surface area contributed by atoms with Crippen molar-refractivity contribution in [3.8, 4) is 0 Å². The van der Waals surface area contributed by atoms with Crippen molar-refractivity contribution in [2.45, 2.75) is 6.42 Å². The first kappa shape index (κ1) is 21.1. The van der Waals surface area contributed by atoms with Gasteiger partial charge in [0, 0.05) is 12.0 Å². The molecule has 0 saturated carbocycles. The van der Waals surface area contributed by atoms with Gasteiger partial charge in [-0.05, 0) is 0 Å². The van der Waals surface area contributed by atoms with Gasteiger partial charge in [-0.1, -0.05) is 0 Å². The number of nitrogens with two attached hydrogens (primary N) is 1. The second kappa shape index (κ2) is 7.79. The fourth-order valence-electron chi connectivity index (χ4n) is 1.75. The van der Waals surface area contributed by atoms with Gasteiger partial charge in [-0.2, -0.15) is 13.9 Å². The lowest BCUT2D eigenvalue weighted by atomic mass is 10.2. The highest BCUT2D eigenvalue weighted by molar-refractivity contribution is 7.68. The van der Waals surface area contributed by atoms with Crippen LogP contribution in [-0.4, -0.2) is 52.1 Å². The summed E-state index contributed by atoms with van der Waals surface area (Å²) < 4.78 is 46.8. The Morgan fingerprint density at radius 2 is 1.81 bits per heavy atom. The molecule has 2 aromatic heterocycles. The van der Waals surface area contributed by atoms with Gasteiger partial charge in [0.15, 0.2) is 5.65 Å². The summed E-state index contributed by atoms with van der Waals surface area (Å²) in [5, 5.41) is 3.95. The first-order valence-corrected chi connectivity index (χ1v) is 11.3. The average Bonchev–Trinajstić information content (AvgIpc) is 2.84. The zero-order valence-electron chi connectivity index (χ0n) is 12.7. The lowest BCUT2D eigenvalue weighted by Crippen LogP contribution is -2.05. The van der Waals surface area contributed by atoms with Gasteiger partial charge in [0.2, 0.25) is 5.95 Å². The van der Waals surface area contributed by atoms with Crippen LogP contribution in [0.1, 0.15) is 5.56 Å². The summed E-state index contributed by atoms with van der Waals surface area (Å²) in [6.07, 6.45) is 1.83. The summed E-state index contributed by atoms with van der Waals surface area (Å²) in [6.45, 7) is -0.131. The van der Waals surface area contributed by atoms with Crippen molar-refractivity contribution in [2.75, 3.05) is 18.7 Å². The van der Waals surface area contributed by atoms with Gasteiger partial charge < -0.3 is 30.0 Å². The van der Waals surface area contributed by atoms with Gasteiger partial charge in [0.25, 0.3) is 0 Å². The molecule has 18 heteroatoms. The van der Waals surface area contributed by atoms with Crippen LogP contribution in [0.5, 0.6) is 0 Å². The van der Waals surface area contributed by atoms with Crippen molar-refractivity contribution in [1.29, 1.82) is 0 Å². The highest BCUT2D eigenvalue weighted by Gasteiger charge is 2.39. The molecule has 15 nitrogen and oxygen atoms in total. The smallest absolute Gasteiger partial charge is 0.368 e. The number of anilines is 1. The molecule has 0 amide bonds. The van der Waals surface area contributed by atoms with Gasteiger partial charge in [-0.25, -0.2) is 23.4 Å². The van der Waals surface area contributed by atoms with Gasteiger partial charge in [-0.3, -0.25) is 4.57 Å². The maximum Gasteiger partial charge on any atom is 0.488 e. The predicted octanol–water partition coefficient (Wildman–Crippen LogP) is -0.365. The minimum Gasteiger partial charge on any atom is -0.368 e. The molecule has 6 N–H and O–H groups in total. The minimum atomic E-state index is -5.47. The van der Waals surface area contributed by atoms with E-state index in [4.69, 9.17) is 25.2 Å². The summed E-state index contributed by atoms with van der Waals surface area (Å²) in [5.41, 5.74) is 6.59. The molecule has 0 aromatic carbocycles. The molecular weight excluding hydrogens is 419 g/mol. The topological polar surface area (TPSA) is 229 Å². The first-order valence-electron chi connectivity index (χ1n) is 6.52. The number of ether oxygens (including phenoxy) is 1. The SMILES string of the molecule is Nc1ncnc2c(CCOCP(=O)(O)OP(=O)(O)OP(=O)(O)O)cnn12. The molecule has 2 heterocycles. The maximum absolute atomic E-state index is 11.6. The number of nitrogen functional groups attached to an aromatic ring is 1. The zero-order chi connectivity index (χ0) is 19.6. The van der Waals surface area contributed by atoms with E-state index in [1.807, 2.05) is 0 Å². The standard InChI is InChI=1S/C8H14N5O10P3/c9-8-11-4-10-7-6(3-12-13(7)8)1-2-21-5-24(14,15)22-26(19,20)23-25(16,17)18/h3-4H,1-2,5H2,(H,14,15)(H,19,20)(H2,9,10,11)(H2,16,17,18). The van der Waals surface area contributed by atoms with Crippen molar-refractivity contribution in [2.24, 2.45) is 0 Å².